The first-order valence-corrected chi connectivity index (χ1v) is 8.97. The predicted molar refractivity (Wildman–Crippen MR) is 93.7 cm³/mol. The third kappa shape index (κ3) is 4.03. The van der Waals surface area contributed by atoms with E-state index in [1.54, 1.807) is 23.7 Å². The summed E-state index contributed by atoms with van der Waals surface area (Å²) < 4.78 is 0. The largest absolute Gasteiger partial charge is 0.328 e. The van der Waals surface area contributed by atoms with Crippen LogP contribution < -0.4 is 0 Å². The van der Waals surface area contributed by atoms with Crippen molar-refractivity contribution in [3.05, 3.63) is 68.1 Å². The lowest BCUT2D eigenvalue weighted by Gasteiger charge is -2.21. The number of nitrogens with zero attached hydrogens (tertiary/aromatic N) is 3. The van der Waals surface area contributed by atoms with Gasteiger partial charge in [-0.25, -0.2) is 4.98 Å². The maximum atomic E-state index is 12.8. The summed E-state index contributed by atoms with van der Waals surface area (Å²) in [6, 6.07) is 8.04. The molecular formula is C17H17N3OS2. The lowest BCUT2D eigenvalue weighted by Crippen LogP contribution is -2.30. The van der Waals surface area contributed by atoms with Gasteiger partial charge in [0.15, 0.2) is 0 Å². The SMILES string of the molecule is Cc1ccc(CN(Cc2ccncc2)C(=O)c2csc(C)n2)s1. The normalized spacial score (nSPS) is 10.7. The highest BCUT2D eigenvalue weighted by molar-refractivity contribution is 7.11. The van der Waals surface area contributed by atoms with E-state index in [1.807, 2.05) is 29.3 Å². The minimum Gasteiger partial charge on any atom is -0.328 e. The average molecular weight is 343 g/mol. The molecule has 0 aliphatic rings. The molecule has 0 bridgehead atoms. The van der Waals surface area contributed by atoms with E-state index in [9.17, 15) is 4.79 Å². The van der Waals surface area contributed by atoms with Crippen LogP contribution in [0.25, 0.3) is 0 Å². The van der Waals surface area contributed by atoms with Gasteiger partial charge in [0.25, 0.3) is 5.91 Å². The number of thiophene rings is 1. The Morgan fingerprint density at radius 2 is 1.91 bits per heavy atom. The zero-order valence-corrected chi connectivity index (χ0v) is 14.7. The van der Waals surface area contributed by atoms with Crippen LogP contribution in [0.5, 0.6) is 0 Å². The number of pyridine rings is 1. The molecule has 0 radical (unpaired) electrons. The minimum atomic E-state index is -0.0304. The van der Waals surface area contributed by atoms with Gasteiger partial charge in [0.1, 0.15) is 5.69 Å². The smallest absolute Gasteiger partial charge is 0.273 e. The highest BCUT2D eigenvalue weighted by Gasteiger charge is 2.19. The van der Waals surface area contributed by atoms with Crippen LogP contribution in [-0.2, 0) is 13.1 Å². The van der Waals surface area contributed by atoms with Gasteiger partial charge < -0.3 is 4.90 Å². The fraction of sp³-hybridized carbons (Fsp3) is 0.235. The second kappa shape index (κ2) is 7.02. The standard InChI is InChI=1S/C17H17N3OS2/c1-12-3-4-15(23-12)10-20(9-14-5-7-18-8-6-14)17(21)16-11-22-13(2)19-16/h3-8,11H,9-10H2,1-2H3. The van der Waals surface area contributed by atoms with Crippen LogP contribution in [0.3, 0.4) is 0 Å². The number of rotatable bonds is 5. The molecule has 3 rings (SSSR count). The van der Waals surface area contributed by atoms with Gasteiger partial charge in [-0.2, -0.15) is 0 Å². The van der Waals surface area contributed by atoms with Gasteiger partial charge in [0, 0.05) is 34.1 Å². The summed E-state index contributed by atoms with van der Waals surface area (Å²) >= 11 is 3.22. The topological polar surface area (TPSA) is 46.1 Å². The lowest BCUT2D eigenvalue weighted by molar-refractivity contribution is 0.0726. The van der Waals surface area contributed by atoms with E-state index in [0.717, 1.165) is 10.6 Å². The van der Waals surface area contributed by atoms with Gasteiger partial charge in [-0.05, 0) is 43.7 Å². The molecule has 3 aromatic heterocycles. The molecule has 0 unspecified atom stereocenters. The Labute approximate surface area is 143 Å². The van der Waals surface area contributed by atoms with E-state index in [2.05, 4.69) is 29.0 Å². The molecule has 0 aliphatic heterocycles. The maximum Gasteiger partial charge on any atom is 0.273 e. The van der Waals surface area contributed by atoms with E-state index < -0.39 is 0 Å². The number of amides is 1. The van der Waals surface area contributed by atoms with Crippen LogP contribution in [0, 0.1) is 13.8 Å². The van der Waals surface area contributed by atoms with Crippen molar-refractivity contribution in [1.82, 2.24) is 14.9 Å². The number of aromatic nitrogens is 2. The van der Waals surface area contributed by atoms with Gasteiger partial charge >= 0.3 is 0 Å². The summed E-state index contributed by atoms with van der Waals surface area (Å²) in [5.74, 6) is -0.0304. The quantitative estimate of drug-likeness (QED) is 0.702. The summed E-state index contributed by atoms with van der Waals surface area (Å²) in [4.78, 5) is 25.5. The molecule has 6 heteroatoms. The van der Waals surface area contributed by atoms with E-state index in [1.165, 1.54) is 21.1 Å². The molecule has 0 saturated heterocycles. The molecular weight excluding hydrogens is 326 g/mol. The molecule has 3 heterocycles. The molecule has 0 atom stereocenters. The van der Waals surface area contributed by atoms with Crippen LogP contribution in [0.15, 0.2) is 42.0 Å². The number of hydrogen-bond acceptors (Lipinski definition) is 5. The zero-order valence-electron chi connectivity index (χ0n) is 13.0. The van der Waals surface area contributed by atoms with Crippen LogP contribution in [0.2, 0.25) is 0 Å². The van der Waals surface area contributed by atoms with Crippen LogP contribution in [-0.4, -0.2) is 20.8 Å². The Balaban J connectivity index is 1.84. The lowest BCUT2D eigenvalue weighted by atomic mass is 10.2. The van der Waals surface area contributed by atoms with Crippen molar-refractivity contribution in [2.45, 2.75) is 26.9 Å². The van der Waals surface area contributed by atoms with E-state index in [4.69, 9.17) is 0 Å². The van der Waals surface area contributed by atoms with Crippen molar-refractivity contribution in [3.63, 3.8) is 0 Å². The van der Waals surface area contributed by atoms with Crippen LogP contribution >= 0.6 is 22.7 Å². The molecule has 4 nitrogen and oxygen atoms in total. The van der Waals surface area contributed by atoms with E-state index in [-0.39, 0.29) is 5.91 Å². The van der Waals surface area contributed by atoms with Gasteiger partial charge in [0.05, 0.1) is 11.6 Å². The van der Waals surface area contributed by atoms with Crippen molar-refractivity contribution < 1.29 is 4.79 Å². The molecule has 0 spiro atoms. The first-order chi connectivity index (χ1) is 11.1. The molecule has 0 aromatic carbocycles. The zero-order chi connectivity index (χ0) is 16.2. The number of carbonyl (C=O) groups excluding carboxylic acids is 1. The second-order valence-corrected chi connectivity index (χ2v) is 7.72. The first-order valence-electron chi connectivity index (χ1n) is 7.27. The molecule has 0 N–H and O–H groups in total. The molecule has 23 heavy (non-hydrogen) atoms. The van der Waals surface area contributed by atoms with Gasteiger partial charge in [0.2, 0.25) is 0 Å². The molecule has 0 fully saturated rings. The Morgan fingerprint density at radius 1 is 1.13 bits per heavy atom. The highest BCUT2D eigenvalue weighted by Crippen LogP contribution is 2.20. The fourth-order valence-electron chi connectivity index (χ4n) is 2.29. The highest BCUT2D eigenvalue weighted by atomic mass is 32.1. The number of carbonyl (C=O) groups is 1. The minimum absolute atomic E-state index is 0.0304. The van der Waals surface area contributed by atoms with Gasteiger partial charge in [-0.15, -0.1) is 22.7 Å². The van der Waals surface area contributed by atoms with Crippen molar-refractivity contribution in [1.29, 1.82) is 0 Å². The van der Waals surface area contributed by atoms with Crippen molar-refractivity contribution in [2.24, 2.45) is 0 Å². The van der Waals surface area contributed by atoms with E-state index in [0.29, 0.717) is 18.8 Å². The Kier molecular flexibility index (Phi) is 4.83. The summed E-state index contributed by atoms with van der Waals surface area (Å²) in [5, 5.41) is 2.74. The van der Waals surface area contributed by atoms with Crippen LogP contribution in [0.1, 0.15) is 30.8 Å². The fourth-order valence-corrected chi connectivity index (χ4v) is 3.78. The third-order valence-electron chi connectivity index (χ3n) is 3.39. The molecule has 118 valence electrons. The average Bonchev–Trinajstić information content (AvgIpc) is 3.15. The Bertz CT molecular complexity index is 795. The molecule has 0 saturated carbocycles. The van der Waals surface area contributed by atoms with Crippen molar-refractivity contribution in [3.8, 4) is 0 Å². The van der Waals surface area contributed by atoms with E-state index >= 15 is 0 Å². The van der Waals surface area contributed by atoms with Crippen LogP contribution in [0.4, 0.5) is 0 Å². The number of aryl methyl sites for hydroxylation is 2. The number of thiazole rings is 1. The predicted octanol–water partition coefficient (Wildman–Crippen LogP) is 4.06. The second-order valence-electron chi connectivity index (χ2n) is 5.28. The van der Waals surface area contributed by atoms with Crippen molar-refractivity contribution in [2.75, 3.05) is 0 Å². The van der Waals surface area contributed by atoms with Gasteiger partial charge in [-0.3, -0.25) is 9.78 Å². The van der Waals surface area contributed by atoms with Gasteiger partial charge in [-0.1, -0.05) is 0 Å². The molecule has 3 aromatic rings. The van der Waals surface area contributed by atoms with Crippen molar-refractivity contribution >= 4 is 28.6 Å². The Hall–Kier alpha value is -2.05. The summed E-state index contributed by atoms with van der Waals surface area (Å²) in [5.41, 5.74) is 1.59. The third-order valence-corrected chi connectivity index (χ3v) is 5.15. The summed E-state index contributed by atoms with van der Waals surface area (Å²) in [6.45, 7) is 5.13. The summed E-state index contributed by atoms with van der Waals surface area (Å²) in [6.07, 6.45) is 3.50. The summed E-state index contributed by atoms with van der Waals surface area (Å²) in [7, 11) is 0. The molecule has 1 amide bonds. The maximum absolute atomic E-state index is 12.8. The molecule has 0 aliphatic carbocycles. The number of hydrogen-bond donors (Lipinski definition) is 0. The monoisotopic (exact) mass is 343 g/mol. The Morgan fingerprint density at radius 3 is 2.52 bits per heavy atom. The first kappa shape index (κ1) is 15.8.